The van der Waals surface area contributed by atoms with Gasteiger partial charge in [0.1, 0.15) is 29.7 Å². The lowest BCUT2D eigenvalue weighted by molar-refractivity contribution is -0.137. The number of nitrogens with two attached hydrogens (primary N) is 1. The Hall–Kier alpha value is -4.69. The van der Waals surface area contributed by atoms with Crippen molar-refractivity contribution in [3.63, 3.8) is 0 Å². The van der Waals surface area contributed by atoms with Crippen LogP contribution in [-0.4, -0.2) is 32.1 Å². The summed E-state index contributed by atoms with van der Waals surface area (Å²) >= 11 is 0. The molecule has 0 saturated carbocycles. The van der Waals surface area contributed by atoms with Gasteiger partial charge in [0.2, 0.25) is 5.91 Å². The van der Waals surface area contributed by atoms with E-state index >= 15 is 0 Å². The molecular weight excluding hydrogens is 420 g/mol. The van der Waals surface area contributed by atoms with E-state index in [2.05, 4.69) is 12.0 Å². The van der Waals surface area contributed by atoms with Gasteiger partial charge in [-0.25, -0.2) is 4.79 Å². The van der Waals surface area contributed by atoms with Crippen molar-refractivity contribution in [2.75, 3.05) is 30.1 Å². The minimum Gasteiger partial charge on any atom is -0.497 e. The molecule has 33 heavy (non-hydrogen) atoms. The van der Waals surface area contributed by atoms with Gasteiger partial charge < -0.3 is 15.2 Å². The van der Waals surface area contributed by atoms with E-state index in [0.717, 1.165) is 0 Å². The largest absolute Gasteiger partial charge is 0.497 e. The van der Waals surface area contributed by atoms with Gasteiger partial charge in [0.05, 0.1) is 30.5 Å². The molecule has 1 spiro atoms. The lowest BCUT2D eigenvalue weighted by Gasteiger charge is -2.38. The van der Waals surface area contributed by atoms with E-state index in [0.29, 0.717) is 28.4 Å². The number of nitriles is 1. The summed E-state index contributed by atoms with van der Waals surface area (Å²) in [5.74, 6) is 1.99. The van der Waals surface area contributed by atoms with E-state index in [4.69, 9.17) is 21.6 Å². The van der Waals surface area contributed by atoms with Gasteiger partial charge in [-0.3, -0.25) is 14.6 Å². The molecule has 2 aromatic rings. The summed E-state index contributed by atoms with van der Waals surface area (Å²) in [5, 5.41) is 10.3. The van der Waals surface area contributed by atoms with Crippen molar-refractivity contribution >= 4 is 23.3 Å². The average Bonchev–Trinajstić information content (AvgIpc) is 3.32. The normalized spacial score (nSPS) is 21.1. The Bertz CT molecular complexity index is 1360. The third-order valence-electron chi connectivity index (χ3n) is 6.21. The second-order valence-electron chi connectivity index (χ2n) is 7.67. The van der Waals surface area contributed by atoms with E-state index < -0.39 is 17.3 Å². The Morgan fingerprint density at radius 2 is 1.94 bits per heavy atom. The molecule has 3 heterocycles. The molecule has 0 bridgehead atoms. The van der Waals surface area contributed by atoms with E-state index in [-0.39, 0.29) is 30.1 Å². The molecule has 8 nitrogen and oxygen atoms in total. The first-order valence-corrected chi connectivity index (χ1v) is 10.1. The highest BCUT2D eigenvalue weighted by molar-refractivity contribution is 6.20. The number of esters is 1. The van der Waals surface area contributed by atoms with E-state index in [1.54, 1.807) is 60.5 Å². The zero-order valence-corrected chi connectivity index (χ0v) is 17.7. The van der Waals surface area contributed by atoms with Crippen LogP contribution in [-0.2, 0) is 19.7 Å². The third kappa shape index (κ3) is 2.46. The topological polar surface area (TPSA) is 109 Å². The fourth-order valence-corrected chi connectivity index (χ4v) is 4.87. The number of hydrogen-bond acceptors (Lipinski definition) is 7. The Balaban J connectivity index is 1.83. The van der Waals surface area contributed by atoms with Gasteiger partial charge in [-0.2, -0.15) is 5.26 Å². The Morgan fingerprint density at radius 3 is 2.61 bits per heavy atom. The fraction of sp³-hybridized carbons (Fsp3) is 0.160. The number of rotatable bonds is 3. The zero-order valence-electron chi connectivity index (χ0n) is 17.7. The van der Waals surface area contributed by atoms with Crippen molar-refractivity contribution in [2.45, 2.75) is 5.41 Å². The molecule has 5 rings (SSSR count). The quantitative estimate of drug-likeness (QED) is 0.576. The number of methoxy groups -OCH3 is 1. The predicted octanol–water partition coefficient (Wildman–Crippen LogP) is 1.94. The fourth-order valence-electron chi connectivity index (χ4n) is 4.87. The van der Waals surface area contributed by atoms with Crippen molar-refractivity contribution in [1.29, 1.82) is 5.26 Å². The molecule has 0 saturated heterocycles. The van der Waals surface area contributed by atoms with Gasteiger partial charge in [0.25, 0.3) is 0 Å². The summed E-state index contributed by atoms with van der Waals surface area (Å²) < 4.78 is 10.6. The maximum absolute atomic E-state index is 14.0. The highest BCUT2D eigenvalue weighted by atomic mass is 16.5. The number of cyclic esters (lactones) is 1. The summed E-state index contributed by atoms with van der Waals surface area (Å²) in [6, 6.07) is 16.1. The lowest BCUT2D eigenvalue weighted by Crippen LogP contribution is -2.50. The number of terminal acetylenes is 1. The van der Waals surface area contributed by atoms with Crippen LogP contribution in [0.1, 0.15) is 5.56 Å². The van der Waals surface area contributed by atoms with Gasteiger partial charge in [-0.15, -0.1) is 6.42 Å². The summed E-state index contributed by atoms with van der Waals surface area (Å²) in [6.45, 7) is -0.109. The zero-order chi connectivity index (χ0) is 23.3. The molecular formula is C25H18N4O4. The number of hydrogen-bond donors (Lipinski definition) is 1. The van der Waals surface area contributed by atoms with Crippen molar-refractivity contribution in [3.8, 4) is 24.2 Å². The molecule has 0 fully saturated rings. The van der Waals surface area contributed by atoms with Crippen molar-refractivity contribution in [1.82, 2.24) is 0 Å². The number of para-hydroxylation sites is 1. The molecule has 1 atom stereocenters. The van der Waals surface area contributed by atoms with Crippen LogP contribution in [0.5, 0.6) is 5.75 Å². The Kier molecular flexibility index (Phi) is 4.40. The maximum atomic E-state index is 14.0. The number of benzene rings is 2. The van der Waals surface area contributed by atoms with Crippen LogP contribution in [0.2, 0.25) is 0 Å². The molecule has 8 heteroatoms. The summed E-state index contributed by atoms with van der Waals surface area (Å²) in [5.41, 5.74) is 6.90. The molecule has 1 amide bonds. The summed E-state index contributed by atoms with van der Waals surface area (Å²) in [7, 11) is 1.55. The van der Waals surface area contributed by atoms with Gasteiger partial charge >= 0.3 is 5.97 Å². The minimum absolute atomic E-state index is 0.0178. The smallest absolute Gasteiger partial charge is 0.338 e. The third-order valence-corrected chi connectivity index (χ3v) is 6.21. The molecule has 162 valence electrons. The molecule has 2 aromatic carbocycles. The van der Waals surface area contributed by atoms with E-state index in [9.17, 15) is 14.9 Å². The van der Waals surface area contributed by atoms with Gasteiger partial charge in [0.15, 0.2) is 0 Å². The van der Waals surface area contributed by atoms with Crippen LogP contribution in [0.25, 0.3) is 0 Å². The summed E-state index contributed by atoms with van der Waals surface area (Å²) in [4.78, 5) is 30.1. The lowest BCUT2D eigenvalue weighted by atomic mass is 9.67. The monoisotopic (exact) mass is 438 g/mol. The first-order chi connectivity index (χ1) is 16.0. The number of fused-ring (bicyclic) bond motifs is 3. The number of ether oxygens (including phenoxy) is 2. The second kappa shape index (κ2) is 7.18. The SMILES string of the molecule is C#CCN1C(=O)[C@]2(C(C#N)=C(N)N(c3ccc(OC)cc3)C3=C2C(=O)OC3)c2ccccc21. The standard InChI is InChI=1S/C25H18N4O4/c1-3-12-28-19-7-5-4-6-17(19)25(24(28)31)18(13-26)22(27)29(20-14-33-23(30)21(20)25)15-8-10-16(32-2)11-9-15/h1,4-11H,12,14,27H2,2H3/t25-/m0/s1. The molecule has 3 aliphatic rings. The number of anilines is 2. The second-order valence-corrected chi connectivity index (χ2v) is 7.67. The Morgan fingerprint density at radius 1 is 1.21 bits per heavy atom. The Labute approximate surface area is 190 Å². The number of carbonyl (C=O) groups is 2. The van der Waals surface area contributed by atoms with Gasteiger partial charge in [-0.1, -0.05) is 24.1 Å². The molecule has 0 unspecified atom stereocenters. The predicted molar refractivity (Wildman–Crippen MR) is 120 cm³/mol. The van der Waals surface area contributed by atoms with Gasteiger partial charge in [-0.05, 0) is 30.3 Å². The van der Waals surface area contributed by atoms with Crippen LogP contribution < -0.4 is 20.3 Å². The molecule has 2 N–H and O–H groups in total. The maximum Gasteiger partial charge on any atom is 0.338 e. The first-order valence-electron chi connectivity index (χ1n) is 10.1. The molecule has 0 aliphatic carbocycles. The average molecular weight is 438 g/mol. The number of nitrogens with zero attached hydrogens (tertiary/aromatic N) is 3. The molecule has 0 aromatic heterocycles. The van der Waals surface area contributed by atoms with E-state index in [1.807, 2.05) is 0 Å². The van der Waals surface area contributed by atoms with Crippen LogP contribution in [0.4, 0.5) is 11.4 Å². The van der Waals surface area contributed by atoms with Gasteiger partial charge in [0, 0.05) is 16.9 Å². The van der Waals surface area contributed by atoms with Crippen molar-refractivity contribution < 1.29 is 19.1 Å². The molecule has 0 radical (unpaired) electrons. The van der Waals surface area contributed by atoms with Crippen LogP contribution in [0.3, 0.4) is 0 Å². The minimum atomic E-state index is -1.72. The van der Waals surface area contributed by atoms with Crippen molar-refractivity contribution in [3.05, 3.63) is 76.8 Å². The number of carbonyl (C=O) groups excluding carboxylic acids is 2. The molecule has 3 aliphatic heterocycles. The summed E-state index contributed by atoms with van der Waals surface area (Å²) in [6.07, 6.45) is 5.53. The van der Waals surface area contributed by atoms with Crippen LogP contribution in [0, 0.1) is 23.7 Å². The first kappa shape index (κ1) is 20.2. The van der Waals surface area contributed by atoms with Crippen LogP contribution >= 0.6 is 0 Å². The van der Waals surface area contributed by atoms with Crippen LogP contribution in [0.15, 0.2) is 71.2 Å². The van der Waals surface area contributed by atoms with E-state index in [1.165, 1.54) is 4.90 Å². The van der Waals surface area contributed by atoms with Crippen molar-refractivity contribution in [2.24, 2.45) is 5.73 Å². The number of amides is 1. The highest BCUT2D eigenvalue weighted by Gasteiger charge is 2.63. The highest BCUT2D eigenvalue weighted by Crippen LogP contribution is 2.56.